The van der Waals surface area contributed by atoms with Crippen LogP contribution < -0.4 is 5.32 Å². The van der Waals surface area contributed by atoms with Crippen LogP contribution in [0.5, 0.6) is 0 Å². The van der Waals surface area contributed by atoms with Crippen molar-refractivity contribution in [1.29, 1.82) is 0 Å². The van der Waals surface area contributed by atoms with E-state index in [9.17, 15) is 9.90 Å². The van der Waals surface area contributed by atoms with Crippen LogP contribution in [0.4, 0.5) is 5.82 Å². The van der Waals surface area contributed by atoms with E-state index in [0.717, 1.165) is 46.7 Å². The highest BCUT2D eigenvalue weighted by Crippen LogP contribution is 2.33. The minimum atomic E-state index is -0.906. The van der Waals surface area contributed by atoms with Crippen LogP contribution in [0.25, 0.3) is 10.2 Å². The first-order chi connectivity index (χ1) is 9.65. The van der Waals surface area contributed by atoms with Crippen LogP contribution in [0.2, 0.25) is 0 Å². The van der Waals surface area contributed by atoms with E-state index in [0.29, 0.717) is 4.88 Å². The van der Waals surface area contributed by atoms with Crippen LogP contribution in [0.3, 0.4) is 0 Å². The number of hydrogen-bond acceptors (Lipinski definition) is 6. The van der Waals surface area contributed by atoms with Gasteiger partial charge >= 0.3 is 5.97 Å². The highest BCUT2D eigenvalue weighted by atomic mass is 32.2. The number of rotatable bonds is 7. The molecular formula is C13H17N3O2S2. The average molecular weight is 311 g/mol. The second-order valence-electron chi connectivity index (χ2n) is 4.39. The molecule has 0 unspecified atom stereocenters. The second-order valence-corrected chi connectivity index (χ2v) is 6.38. The number of anilines is 1. The Morgan fingerprint density at radius 3 is 2.95 bits per heavy atom. The van der Waals surface area contributed by atoms with Crippen LogP contribution in [0.1, 0.15) is 28.1 Å². The van der Waals surface area contributed by atoms with Crippen LogP contribution in [-0.2, 0) is 0 Å². The van der Waals surface area contributed by atoms with E-state index in [2.05, 4.69) is 21.5 Å². The van der Waals surface area contributed by atoms with Gasteiger partial charge in [0.05, 0.1) is 5.39 Å². The summed E-state index contributed by atoms with van der Waals surface area (Å²) in [6, 6.07) is 0. The number of nitrogens with zero attached hydrogens (tertiary/aromatic N) is 2. The van der Waals surface area contributed by atoms with Gasteiger partial charge in [-0.3, -0.25) is 0 Å². The SMILES string of the molecule is CSCCCCNc1ncnc2sc(C(=O)O)c(C)c12. The Balaban J connectivity index is 2.19. The summed E-state index contributed by atoms with van der Waals surface area (Å²) in [4.78, 5) is 20.6. The third-order valence-corrected chi connectivity index (χ3v) is 4.87. The van der Waals surface area contributed by atoms with Gasteiger partial charge in [-0.1, -0.05) is 0 Å². The second kappa shape index (κ2) is 6.90. The van der Waals surface area contributed by atoms with Crippen molar-refractivity contribution in [1.82, 2.24) is 9.97 Å². The van der Waals surface area contributed by atoms with Gasteiger partial charge in [-0.15, -0.1) is 11.3 Å². The molecular weight excluding hydrogens is 294 g/mol. The highest BCUT2D eigenvalue weighted by Gasteiger charge is 2.18. The van der Waals surface area contributed by atoms with Gasteiger partial charge in [0.1, 0.15) is 21.9 Å². The van der Waals surface area contributed by atoms with Gasteiger partial charge in [0.15, 0.2) is 0 Å². The van der Waals surface area contributed by atoms with Crippen molar-refractivity contribution in [2.45, 2.75) is 19.8 Å². The Hall–Kier alpha value is -1.34. The van der Waals surface area contributed by atoms with Gasteiger partial charge in [0.2, 0.25) is 0 Å². The summed E-state index contributed by atoms with van der Waals surface area (Å²) in [5.74, 6) is 0.985. The maximum absolute atomic E-state index is 11.2. The summed E-state index contributed by atoms with van der Waals surface area (Å²) >= 11 is 3.04. The number of thiophene rings is 1. The van der Waals surface area contributed by atoms with Crippen LogP contribution in [0.15, 0.2) is 6.33 Å². The zero-order chi connectivity index (χ0) is 14.5. The molecule has 0 aliphatic carbocycles. The number of carbonyl (C=O) groups is 1. The largest absolute Gasteiger partial charge is 0.477 e. The molecule has 7 heteroatoms. The number of thioether (sulfide) groups is 1. The molecule has 20 heavy (non-hydrogen) atoms. The molecule has 0 atom stereocenters. The van der Waals surface area contributed by atoms with Crippen molar-refractivity contribution in [2.24, 2.45) is 0 Å². The molecule has 0 spiro atoms. The van der Waals surface area contributed by atoms with Crippen LogP contribution in [-0.4, -0.2) is 39.6 Å². The van der Waals surface area contributed by atoms with Crippen molar-refractivity contribution >= 4 is 45.1 Å². The minimum absolute atomic E-state index is 0.339. The van der Waals surface area contributed by atoms with Crippen LogP contribution in [0, 0.1) is 6.92 Å². The lowest BCUT2D eigenvalue weighted by atomic mass is 10.2. The van der Waals surface area contributed by atoms with Crippen molar-refractivity contribution < 1.29 is 9.90 Å². The van der Waals surface area contributed by atoms with Gasteiger partial charge in [-0.2, -0.15) is 11.8 Å². The molecule has 2 aromatic rings. The van der Waals surface area contributed by atoms with E-state index < -0.39 is 5.97 Å². The number of fused-ring (bicyclic) bond motifs is 1. The molecule has 0 fully saturated rings. The summed E-state index contributed by atoms with van der Waals surface area (Å²) in [5, 5.41) is 13.3. The van der Waals surface area contributed by atoms with Crippen LogP contribution >= 0.6 is 23.1 Å². The molecule has 0 aliphatic rings. The molecule has 0 bridgehead atoms. The predicted molar refractivity (Wildman–Crippen MR) is 85.2 cm³/mol. The molecule has 2 heterocycles. The van der Waals surface area contributed by atoms with E-state index in [4.69, 9.17) is 0 Å². The molecule has 5 nitrogen and oxygen atoms in total. The molecule has 0 radical (unpaired) electrons. The van der Waals surface area contributed by atoms with Crippen molar-refractivity contribution in [3.63, 3.8) is 0 Å². The molecule has 0 aliphatic heterocycles. The first-order valence-electron chi connectivity index (χ1n) is 6.35. The fourth-order valence-corrected chi connectivity index (χ4v) is 3.47. The maximum Gasteiger partial charge on any atom is 0.346 e. The Morgan fingerprint density at radius 2 is 2.25 bits per heavy atom. The monoisotopic (exact) mass is 311 g/mol. The molecule has 0 saturated heterocycles. The Bertz CT molecular complexity index is 613. The lowest BCUT2D eigenvalue weighted by Crippen LogP contribution is -2.04. The predicted octanol–water partition coefficient (Wildman–Crippen LogP) is 3.25. The molecule has 2 rings (SSSR count). The Kier molecular flexibility index (Phi) is 5.19. The highest BCUT2D eigenvalue weighted by molar-refractivity contribution is 7.98. The molecule has 2 N–H and O–H groups in total. The maximum atomic E-state index is 11.2. The standard InChI is InChI=1S/C13H17N3O2S2/c1-8-9-11(14-5-3-4-6-19-2)15-7-16-12(9)20-10(8)13(17)18/h7H,3-6H2,1-2H3,(H,17,18)(H,14,15,16). The van der Waals surface area contributed by atoms with E-state index in [1.54, 1.807) is 0 Å². The van der Waals surface area contributed by atoms with Gasteiger partial charge in [-0.05, 0) is 37.3 Å². The summed E-state index contributed by atoms with van der Waals surface area (Å²) in [6.45, 7) is 2.65. The van der Waals surface area contributed by atoms with Gasteiger partial charge in [-0.25, -0.2) is 14.8 Å². The summed E-state index contributed by atoms with van der Waals surface area (Å²) < 4.78 is 0. The fraction of sp³-hybridized carbons (Fsp3) is 0.462. The summed E-state index contributed by atoms with van der Waals surface area (Å²) in [6.07, 6.45) is 5.81. The first-order valence-corrected chi connectivity index (χ1v) is 8.56. The topological polar surface area (TPSA) is 75.1 Å². The Morgan fingerprint density at radius 1 is 1.45 bits per heavy atom. The number of aromatic nitrogens is 2. The number of hydrogen-bond donors (Lipinski definition) is 2. The number of aryl methyl sites for hydroxylation is 1. The average Bonchev–Trinajstić information content (AvgIpc) is 2.77. The third kappa shape index (κ3) is 3.21. The van der Waals surface area contributed by atoms with E-state index in [1.165, 1.54) is 17.7 Å². The van der Waals surface area contributed by atoms with E-state index in [1.807, 2.05) is 18.7 Å². The molecule has 0 amide bonds. The molecule has 2 aromatic heterocycles. The van der Waals surface area contributed by atoms with E-state index in [-0.39, 0.29) is 0 Å². The van der Waals surface area contributed by atoms with Crippen molar-refractivity contribution in [3.8, 4) is 0 Å². The van der Waals surface area contributed by atoms with Crippen molar-refractivity contribution in [3.05, 3.63) is 16.8 Å². The summed E-state index contributed by atoms with van der Waals surface area (Å²) in [7, 11) is 0. The molecule has 0 aromatic carbocycles. The molecule has 108 valence electrons. The number of aromatic carboxylic acids is 1. The number of carboxylic acid groups (broad SMARTS) is 1. The molecule has 0 saturated carbocycles. The third-order valence-electron chi connectivity index (χ3n) is 2.99. The lowest BCUT2D eigenvalue weighted by molar-refractivity contribution is 0.0701. The zero-order valence-electron chi connectivity index (χ0n) is 11.5. The van der Waals surface area contributed by atoms with Crippen molar-refractivity contribution in [2.75, 3.05) is 23.9 Å². The summed E-state index contributed by atoms with van der Waals surface area (Å²) in [5.41, 5.74) is 0.740. The lowest BCUT2D eigenvalue weighted by Gasteiger charge is -2.06. The number of carboxylic acids is 1. The number of nitrogens with one attached hydrogen (secondary N) is 1. The smallest absolute Gasteiger partial charge is 0.346 e. The Labute approximate surface area is 125 Å². The van der Waals surface area contributed by atoms with Gasteiger partial charge in [0.25, 0.3) is 0 Å². The quantitative estimate of drug-likeness (QED) is 0.765. The zero-order valence-corrected chi connectivity index (χ0v) is 13.1. The minimum Gasteiger partial charge on any atom is -0.477 e. The van der Waals surface area contributed by atoms with Gasteiger partial charge in [0, 0.05) is 6.54 Å². The normalized spacial score (nSPS) is 10.9. The first kappa shape index (κ1) is 15.1. The van der Waals surface area contributed by atoms with E-state index >= 15 is 0 Å². The van der Waals surface area contributed by atoms with Gasteiger partial charge < -0.3 is 10.4 Å². The number of unbranched alkanes of at least 4 members (excludes halogenated alkanes) is 1. The fourth-order valence-electron chi connectivity index (χ4n) is 1.99.